The second-order valence-corrected chi connectivity index (χ2v) is 7.59. The Morgan fingerprint density at radius 3 is 3.00 bits per heavy atom. The van der Waals surface area contributed by atoms with Crippen molar-refractivity contribution in [2.24, 2.45) is 11.8 Å². The molecule has 9 heteroatoms. The summed E-state index contributed by atoms with van der Waals surface area (Å²) in [5, 5.41) is 23.6. The average molecular weight is 402 g/mol. The van der Waals surface area contributed by atoms with E-state index < -0.39 is 12.0 Å². The van der Waals surface area contributed by atoms with Gasteiger partial charge in [0.25, 0.3) is 0 Å². The number of hydrogen-bond acceptors (Lipinski definition) is 8. The van der Waals surface area contributed by atoms with Crippen molar-refractivity contribution >= 4 is 33.5 Å². The number of hydrogen-bond donors (Lipinski definition) is 4. The molecule has 1 aliphatic rings. The Hall–Kier alpha value is -3.90. The van der Waals surface area contributed by atoms with Crippen LogP contribution < -0.4 is 16.8 Å². The van der Waals surface area contributed by atoms with Crippen LogP contribution in [0.5, 0.6) is 0 Å². The van der Waals surface area contributed by atoms with Crippen LogP contribution in [-0.2, 0) is 0 Å². The Morgan fingerprint density at radius 1 is 1.40 bits per heavy atom. The number of nitrogens with two attached hydrogens (primary N) is 1. The topological polar surface area (TPSA) is 154 Å². The van der Waals surface area contributed by atoms with Gasteiger partial charge in [0.2, 0.25) is 0 Å². The van der Waals surface area contributed by atoms with Gasteiger partial charge in [0.05, 0.1) is 23.2 Å². The van der Waals surface area contributed by atoms with E-state index >= 15 is 0 Å². The van der Waals surface area contributed by atoms with Crippen molar-refractivity contribution < 1.29 is 9.52 Å². The van der Waals surface area contributed by atoms with E-state index in [4.69, 9.17) is 15.4 Å². The second-order valence-electron chi connectivity index (χ2n) is 7.59. The zero-order valence-corrected chi connectivity index (χ0v) is 16.0. The molecule has 0 saturated heterocycles. The van der Waals surface area contributed by atoms with E-state index in [0.29, 0.717) is 40.2 Å². The molecule has 1 aliphatic carbocycles. The lowest BCUT2D eigenvalue weighted by atomic mass is 10.0. The zero-order chi connectivity index (χ0) is 21.0. The van der Waals surface area contributed by atoms with E-state index in [1.54, 1.807) is 18.3 Å². The molecule has 5 rings (SSSR count). The third kappa shape index (κ3) is 3.03. The van der Waals surface area contributed by atoms with Crippen molar-refractivity contribution in [1.82, 2.24) is 15.0 Å². The maximum atomic E-state index is 11.5. The number of fused-ring (bicyclic) bond motifs is 2. The number of nitrogen functional groups attached to an aromatic ring is 1. The average Bonchev–Trinajstić information content (AvgIpc) is 3.41. The van der Waals surface area contributed by atoms with Crippen LogP contribution in [0.1, 0.15) is 12.0 Å². The molecule has 1 saturated carbocycles. The fourth-order valence-corrected chi connectivity index (χ4v) is 3.74. The second kappa shape index (κ2) is 6.57. The van der Waals surface area contributed by atoms with Crippen molar-refractivity contribution in [3.05, 3.63) is 46.6 Å². The summed E-state index contributed by atoms with van der Waals surface area (Å²) in [6.07, 6.45) is 1.45. The third-order valence-electron chi connectivity index (χ3n) is 5.49. The van der Waals surface area contributed by atoms with E-state index in [1.165, 1.54) is 0 Å². The van der Waals surface area contributed by atoms with Gasteiger partial charge in [-0.05, 0) is 48.6 Å². The molecule has 4 aromatic rings. The van der Waals surface area contributed by atoms with Crippen LogP contribution in [0.15, 0.2) is 39.7 Å². The number of rotatable bonds is 4. The molecule has 1 aromatic carbocycles. The molecule has 3 atom stereocenters. The fraction of sp³-hybridized carbons (Fsp3) is 0.238. The summed E-state index contributed by atoms with van der Waals surface area (Å²) in [7, 11) is 0. The maximum Gasteiger partial charge on any atom is 0.417 e. The van der Waals surface area contributed by atoms with Gasteiger partial charge in [-0.2, -0.15) is 5.26 Å². The highest BCUT2D eigenvalue weighted by atomic mass is 16.4. The van der Waals surface area contributed by atoms with E-state index in [0.717, 1.165) is 16.5 Å². The van der Waals surface area contributed by atoms with Crippen molar-refractivity contribution in [2.45, 2.75) is 19.6 Å². The summed E-state index contributed by atoms with van der Waals surface area (Å²) in [5.41, 5.74) is 9.56. The standard InChI is InChI=1S/C21H18N6O3/c1-9-2-16-17(30-21(29)26-16)6-12(9)15-4-10-5-18(24-8-14(10)19(23)25-15)27-20(28)13-3-11(13)7-22/h2,4-6,8,11,13,20,28H,3H2,1H3,(H2,23,25)(H,24,27)(H,26,29)/t11-,13?,20?/m0/s1. The molecular weight excluding hydrogens is 384 g/mol. The predicted molar refractivity (Wildman–Crippen MR) is 111 cm³/mol. The molecule has 0 aliphatic heterocycles. The SMILES string of the molecule is Cc1cc2[nH]c(=O)oc2cc1-c1cc2cc(NC(O)C3C[C@H]3C#N)ncc2c(N)n1. The summed E-state index contributed by atoms with van der Waals surface area (Å²) in [4.78, 5) is 22.9. The molecule has 9 nitrogen and oxygen atoms in total. The van der Waals surface area contributed by atoms with Crippen LogP contribution in [0, 0.1) is 30.1 Å². The number of H-pyrrole nitrogens is 1. The van der Waals surface area contributed by atoms with Crippen molar-refractivity contribution in [3.8, 4) is 17.3 Å². The molecule has 30 heavy (non-hydrogen) atoms. The van der Waals surface area contributed by atoms with Gasteiger partial charge in [0.15, 0.2) is 5.58 Å². The predicted octanol–water partition coefficient (Wildman–Crippen LogP) is 2.51. The van der Waals surface area contributed by atoms with E-state index in [1.807, 2.05) is 19.1 Å². The molecule has 3 aromatic heterocycles. The number of oxazole rings is 1. The summed E-state index contributed by atoms with van der Waals surface area (Å²) < 4.78 is 5.17. The lowest BCUT2D eigenvalue weighted by Crippen LogP contribution is -2.22. The van der Waals surface area contributed by atoms with E-state index in [9.17, 15) is 9.90 Å². The Morgan fingerprint density at radius 2 is 2.23 bits per heavy atom. The van der Waals surface area contributed by atoms with Gasteiger partial charge >= 0.3 is 5.76 Å². The number of aliphatic hydroxyl groups excluding tert-OH is 1. The minimum Gasteiger partial charge on any atom is -0.408 e. The van der Waals surface area contributed by atoms with Crippen LogP contribution >= 0.6 is 0 Å². The minimum absolute atomic E-state index is 0.0871. The first-order valence-corrected chi connectivity index (χ1v) is 9.47. The number of nitriles is 1. The number of aliphatic hydroxyl groups is 1. The van der Waals surface area contributed by atoms with Gasteiger partial charge in [-0.15, -0.1) is 0 Å². The van der Waals surface area contributed by atoms with E-state index in [-0.39, 0.29) is 11.8 Å². The Balaban J connectivity index is 1.54. The number of pyridine rings is 2. The molecule has 1 fully saturated rings. The lowest BCUT2D eigenvalue weighted by molar-refractivity contribution is 0.176. The zero-order valence-electron chi connectivity index (χ0n) is 16.0. The van der Waals surface area contributed by atoms with Crippen LogP contribution in [0.2, 0.25) is 0 Å². The number of nitrogens with zero attached hydrogens (tertiary/aromatic N) is 3. The van der Waals surface area contributed by atoms with Gasteiger partial charge in [0.1, 0.15) is 17.9 Å². The Labute approximate surface area is 170 Å². The highest BCUT2D eigenvalue weighted by Crippen LogP contribution is 2.40. The summed E-state index contributed by atoms with van der Waals surface area (Å²) >= 11 is 0. The Bertz CT molecular complexity index is 1400. The quantitative estimate of drug-likeness (QED) is 0.380. The molecule has 2 unspecified atom stereocenters. The molecule has 0 bridgehead atoms. The summed E-state index contributed by atoms with van der Waals surface area (Å²) in [6.45, 7) is 1.92. The van der Waals surface area contributed by atoms with Crippen LogP contribution in [0.3, 0.4) is 0 Å². The first kappa shape index (κ1) is 18.1. The highest BCUT2D eigenvalue weighted by molar-refractivity contribution is 5.95. The largest absolute Gasteiger partial charge is 0.417 e. The molecule has 0 amide bonds. The minimum atomic E-state index is -0.834. The summed E-state index contributed by atoms with van der Waals surface area (Å²) in [6, 6.07) is 9.41. The number of anilines is 2. The molecular formula is C21H18N6O3. The fourth-order valence-electron chi connectivity index (χ4n) is 3.74. The first-order chi connectivity index (χ1) is 14.4. The van der Waals surface area contributed by atoms with Gasteiger partial charge in [-0.3, -0.25) is 4.98 Å². The van der Waals surface area contributed by atoms with Gasteiger partial charge in [0, 0.05) is 23.1 Å². The number of aryl methyl sites for hydroxylation is 1. The number of benzene rings is 1. The third-order valence-corrected chi connectivity index (χ3v) is 5.49. The van der Waals surface area contributed by atoms with E-state index in [2.05, 4.69) is 26.3 Å². The molecule has 5 N–H and O–H groups in total. The maximum absolute atomic E-state index is 11.5. The number of nitrogens with one attached hydrogen (secondary N) is 2. The summed E-state index contributed by atoms with van der Waals surface area (Å²) in [5.74, 6) is 0.0895. The van der Waals surface area contributed by atoms with Gasteiger partial charge in [-0.25, -0.2) is 14.8 Å². The van der Waals surface area contributed by atoms with Crippen LogP contribution in [0.4, 0.5) is 11.6 Å². The normalized spacial score (nSPS) is 19.0. The van der Waals surface area contributed by atoms with Gasteiger partial charge in [-0.1, -0.05) is 0 Å². The molecule has 0 spiro atoms. The van der Waals surface area contributed by atoms with Crippen molar-refractivity contribution in [1.29, 1.82) is 5.26 Å². The Kier molecular flexibility index (Phi) is 3.98. The van der Waals surface area contributed by atoms with Gasteiger partial charge < -0.3 is 20.6 Å². The molecule has 3 heterocycles. The molecule has 0 radical (unpaired) electrons. The highest BCUT2D eigenvalue weighted by Gasteiger charge is 2.43. The van der Waals surface area contributed by atoms with Crippen LogP contribution in [-0.4, -0.2) is 26.3 Å². The first-order valence-electron chi connectivity index (χ1n) is 9.47. The van der Waals surface area contributed by atoms with Crippen molar-refractivity contribution in [3.63, 3.8) is 0 Å². The van der Waals surface area contributed by atoms with Crippen LogP contribution in [0.25, 0.3) is 33.1 Å². The lowest BCUT2D eigenvalue weighted by Gasteiger charge is -2.14. The smallest absolute Gasteiger partial charge is 0.408 e. The number of aromatic amines is 1. The van der Waals surface area contributed by atoms with Crippen molar-refractivity contribution in [2.75, 3.05) is 11.1 Å². The monoisotopic (exact) mass is 402 g/mol. The number of aromatic nitrogens is 3. The molecule has 150 valence electrons.